The third-order valence-electron chi connectivity index (χ3n) is 1.63. The minimum Gasteiger partial charge on any atom is -0.154 e. The van der Waals surface area contributed by atoms with Crippen molar-refractivity contribution >= 4 is 17.2 Å². The molecule has 0 aromatic carbocycles. The molecule has 0 amide bonds. The first-order chi connectivity index (χ1) is 5.74. The average molecular weight is 181 g/mol. The first-order valence-corrected chi connectivity index (χ1v) is 4.42. The van der Waals surface area contributed by atoms with Crippen LogP contribution in [0.4, 0.5) is 0 Å². The molecule has 0 unspecified atom stereocenters. The molecular formula is C9H13N2S+. The number of hydrogen-bond donors (Lipinski definition) is 1. The molecule has 0 aliphatic carbocycles. The van der Waals surface area contributed by atoms with Crippen LogP contribution in [0.15, 0.2) is 24.4 Å². The molecule has 2 nitrogen and oxygen atoms in total. The van der Waals surface area contributed by atoms with Gasteiger partial charge in [-0.15, -0.1) is 0 Å². The lowest BCUT2D eigenvalue weighted by Gasteiger charge is -2.00. The summed E-state index contributed by atoms with van der Waals surface area (Å²) in [7, 11) is 0. The van der Waals surface area contributed by atoms with Gasteiger partial charge in [-0.25, -0.2) is 0 Å². The van der Waals surface area contributed by atoms with Crippen LogP contribution in [0.2, 0.25) is 0 Å². The van der Waals surface area contributed by atoms with Gasteiger partial charge in [0, 0.05) is 25.5 Å². The molecule has 0 aliphatic heterocycles. The highest BCUT2D eigenvalue weighted by Gasteiger charge is 2.04. The van der Waals surface area contributed by atoms with Crippen molar-refractivity contribution in [3.05, 3.63) is 30.1 Å². The van der Waals surface area contributed by atoms with Crippen LogP contribution < -0.4 is 10.1 Å². The van der Waals surface area contributed by atoms with E-state index < -0.39 is 0 Å². The largest absolute Gasteiger partial charge is 0.209 e. The summed E-state index contributed by atoms with van der Waals surface area (Å²) in [6.45, 7) is 4.07. The van der Waals surface area contributed by atoms with Crippen molar-refractivity contribution in [3.63, 3.8) is 0 Å². The van der Waals surface area contributed by atoms with Gasteiger partial charge in [0.2, 0.25) is 5.69 Å². The Morgan fingerprint density at radius 3 is 2.92 bits per heavy atom. The van der Waals surface area contributed by atoms with Crippen LogP contribution in [0.25, 0.3) is 0 Å². The SMILES string of the molecule is CCC(=S)N[n+]1ccccc1C. The lowest BCUT2D eigenvalue weighted by Crippen LogP contribution is -2.49. The van der Waals surface area contributed by atoms with Gasteiger partial charge in [-0.2, -0.15) is 5.43 Å². The zero-order valence-electron chi connectivity index (χ0n) is 7.37. The van der Waals surface area contributed by atoms with Gasteiger partial charge in [0.25, 0.3) is 0 Å². The monoisotopic (exact) mass is 181 g/mol. The van der Waals surface area contributed by atoms with Crippen LogP contribution in [0.3, 0.4) is 0 Å². The Morgan fingerprint density at radius 1 is 1.58 bits per heavy atom. The summed E-state index contributed by atoms with van der Waals surface area (Å²) in [6, 6.07) is 6.01. The third kappa shape index (κ3) is 2.27. The molecule has 1 heterocycles. The van der Waals surface area contributed by atoms with E-state index in [2.05, 4.69) is 5.43 Å². The Hall–Kier alpha value is -0.960. The number of hydrogen-bond acceptors (Lipinski definition) is 1. The second-order valence-electron chi connectivity index (χ2n) is 2.60. The summed E-state index contributed by atoms with van der Waals surface area (Å²) < 4.78 is 1.92. The summed E-state index contributed by atoms with van der Waals surface area (Å²) in [6.07, 6.45) is 2.83. The molecular weight excluding hydrogens is 168 g/mol. The fourth-order valence-corrected chi connectivity index (χ4v) is 0.966. The lowest BCUT2D eigenvalue weighted by molar-refractivity contribution is -0.646. The van der Waals surface area contributed by atoms with Crippen molar-refractivity contribution in [2.75, 3.05) is 5.43 Å². The van der Waals surface area contributed by atoms with Crippen LogP contribution in [0.5, 0.6) is 0 Å². The van der Waals surface area contributed by atoms with Crippen LogP contribution in [0.1, 0.15) is 19.0 Å². The molecule has 0 saturated heterocycles. The van der Waals surface area contributed by atoms with Gasteiger partial charge in [-0.1, -0.05) is 23.8 Å². The average Bonchev–Trinajstić information content (AvgIpc) is 2.09. The number of pyridine rings is 1. The lowest BCUT2D eigenvalue weighted by atomic mass is 10.4. The topological polar surface area (TPSA) is 15.9 Å². The number of aryl methyl sites for hydroxylation is 1. The maximum Gasteiger partial charge on any atom is 0.209 e. The van der Waals surface area contributed by atoms with Gasteiger partial charge in [0.05, 0.1) is 0 Å². The zero-order chi connectivity index (χ0) is 8.97. The predicted octanol–water partition coefficient (Wildman–Crippen LogP) is 1.56. The molecule has 0 radical (unpaired) electrons. The normalized spacial score (nSPS) is 9.50. The van der Waals surface area contributed by atoms with E-state index in [1.165, 1.54) is 0 Å². The van der Waals surface area contributed by atoms with Crippen LogP contribution in [0, 0.1) is 6.92 Å². The van der Waals surface area contributed by atoms with E-state index in [0.29, 0.717) is 0 Å². The highest BCUT2D eigenvalue weighted by molar-refractivity contribution is 7.80. The van der Waals surface area contributed by atoms with E-state index in [1.807, 2.05) is 42.9 Å². The number of aromatic nitrogens is 1. The third-order valence-corrected chi connectivity index (χ3v) is 2.01. The summed E-state index contributed by atoms with van der Waals surface area (Å²) in [5.41, 5.74) is 4.25. The fraction of sp³-hybridized carbons (Fsp3) is 0.333. The van der Waals surface area contributed by atoms with Gasteiger partial charge < -0.3 is 0 Å². The van der Waals surface area contributed by atoms with E-state index in [9.17, 15) is 0 Å². The van der Waals surface area contributed by atoms with E-state index >= 15 is 0 Å². The molecule has 12 heavy (non-hydrogen) atoms. The van der Waals surface area contributed by atoms with Gasteiger partial charge in [0.15, 0.2) is 6.20 Å². The maximum absolute atomic E-state index is 5.06. The van der Waals surface area contributed by atoms with Gasteiger partial charge in [0.1, 0.15) is 4.99 Å². The second-order valence-corrected chi connectivity index (χ2v) is 3.09. The van der Waals surface area contributed by atoms with Gasteiger partial charge in [-0.05, 0) is 6.07 Å². The quantitative estimate of drug-likeness (QED) is 0.550. The Morgan fingerprint density at radius 2 is 2.33 bits per heavy atom. The van der Waals surface area contributed by atoms with Crippen molar-refractivity contribution in [2.45, 2.75) is 20.3 Å². The summed E-state index contributed by atoms with van der Waals surface area (Å²) in [5, 5.41) is 0. The van der Waals surface area contributed by atoms with Crippen molar-refractivity contribution in [2.24, 2.45) is 0 Å². The highest BCUT2D eigenvalue weighted by Crippen LogP contribution is 1.86. The van der Waals surface area contributed by atoms with Crippen LogP contribution in [-0.2, 0) is 0 Å². The summed E-state index contributed by atoms with van der Waals surface area (Å²) >= 11 is 5.06. The Kier molecular flexibility index (Phi) is 3.17. The molecule has 64 valence electrons. The molecule has 0 aliphatic rings. The molecule has 1 rings (SSSR count). The Labute approximate surface area is 78.2 Å². The van der Waals surface area contributed by atoms with Crippen molar-refractivity contribution in [1.82, 2.24) is 0 Å². The van der Waals surface area contributed by atoms with Crippen LogP contribution >= 0.6 is 12.2 Å². The summed E-state index contributed by atoms with van der Waals surface area (Å²) in [4.78, 5) is 0.856. The van der Waals surface area contributed by atoms with Crippen LogP contribution in [-0.4, -0.2) is 4.99 Å². The first-order valence-electron chi connectivity index (χ1n) is 4.01. The molecule has 1 aromatic heterocycles. The summed E-state index contributed by atoms with van der Waals surface area (Å²) in [5.74, 6) is 0. The molecule has 0 spiro atoms. The van der Waals surface area contributed by atoms with Gasteiger partial charge in [-0.3, -0.25) is 0 Å². The van der Waals surface area contributed by atoms with E-state index in [-0.39, 0.29) is 0 Å². The first kappa shape index (κ1) is 9.13. The zero-order valence-corrected chi connectivity index (χ0v) is 8.19. The molecule has 1 N–H and O–H groups in total. The highest BCUT2D eigenvalue weighted by atomic mass is 32.1. The predicted molar refractivity (Wildman–Crippen MR) is 53.6 cm³/mol. The minimum absolute atomic E-state index is 0.856. The van der Waals surface area contributed by atoms with Crippen molar-refractivity contribution < 1.29 is 4.68 Å². The molecule has 3 heteroatoms. The number of thiocarbonyl (C=S) groups is 1. The fourth-order valence-electron chi connectivity index (χ4n) is 0.867. The van der Waals surface area contributed by atoms with Crippen molar-refractivity contribution in [3.8, 4) is 0 Å². The van der Waals surface area contributed by atoms with Crippen molar-refractivity contribution in [1.29, 1.82) is 0 Å². The van der Waals surface area contributed by atoms with Gasteiger partial charge >= 0.3 is 0 Å². The second kappa shape index (κ2) is 4.16. The molecule has 0 saturated carbocycles. The molecule has 0 atom stereocenters. The van der Waals surface area contributed by atoms with E-state index in [4.69, 9.17) is 12.2 Å². The molecule has 0 bridgehead atoms. The van der Waals surface area contributed by atoms with E-state index in [0.717, 1.165) is 17.1 Å². The Balaban J connectivity index is 2.75. The number of nitrogens with one attached hydrogen (secondary N) is 1. The number of rotatable bonds is 2. The minimum atomic E-state index is 0.856. The molecule has 0 fully saturated rings. The maximum atomic E-state index is 5.06. The standard InChI is InChI=1S/C9H12N2S/c1-3-9(12)10-11-7-5-4-6-8(11)2/h4-7H,3H2,1-2H3/p+1. The molecule has 1 aromatic rings. The Bertz CT molecular complexity index is 284. The smallest absolute Gasteiger partial charge is 0.154 e. The number of nitrogens with zero attached hydrogens (tertiary/aromatic N) is 1. The van der Waals surface area contributed by atoms with E-state index in [1.54, 1.807) is 0 Å².